The Labute approximate surface area is 82.4 Å². The molecule has 0 unspecified atom stereocenters. The van der Waals surface area contributed by atoms with E-state index >= 15 is 0 Å². The van der Waals surface area contributed by atoms with E-state index < -0.39 is 11.8 Å². The summed E-state index contributed by atoms with van der Waals surface area (Å²) in [4.78, 5) is 0. The SMILES string of the molecule is CC(C)C(Br)(OB(O)O)C(C)C. The molecule has 0 aromatic rings. The monoisotopic (exact) mass is 238 g/mol. The number of rotatable bonds is 4. The van der Waals surface area contributed by atoms with Crippen molar-refractivity contribution in [1.29, 1.82) is 0 Å². The van der Waals surface area contributed by atoms with Gasteiger partial charge >= 0.3 is 7.32 Å². The van der Waals surface area contributed by atoms with Gasteiger partial charge < -0.3 is 14.7 Å². The zero-order valence-electron chi connectivity index (χ0n) is 7.91. The molecule has 12 heavy (non-hydrogen) atoms. The molecule has 0 aliphatic rings. The summed E-state index contributed by atoms with van der Waals surface area (Å²) in [6, 6.07) is 0. The molecule has 0 spiro atoms. The van der Waals surface area contributed by atoms with Crippen molar-refractivity contribution in [3.8, 4) is 0 Å². The number of hydrogen-bond acceptors (Lipinski definition) is 3. The van der Waals surface area contributed by atoms with Crippen LogP contribution < -0.4 is 0 Å². The highest BCUT2D eigenvalue weighted by atomic mass is 79.9. The molecule has 0 radical (unpaired) electrons. The van der Waals surface area contributed by atoms with Crippen LogP contribution in [0.2, 0.25) is 0 Å². The van der Waals surface area contributed by atoms with E-state index in [1.807, 2.05) is 27.7 Å². The van der Waals surface area contributed by atoms with Crippen molar-refractivity contribution in [2.24, 2.45) is 11.8 Å². The van der Waals surface area contributed by atoms with Crippen molar-refractivity contribution in [2.75, 3.05) is 0 Å². The van der Waals surface area contributed by atoms with Crippen molar-refractivity contribution in [2.45, 2.75) is 32.2 Å². The molecule has 0 bridgehead atoms. The summed E-state index contributed by atoms with van der Waals surface area (Å²) in [6.45, 7) is 7.82. The Bertz CT molecular complexity index is 131. The minimum absolute atomic E-state index is 0.166. The predicted octanol–water partition coefficient (Wildman–Crippen LogP) is 1.38. The maximum Gasteiger partial charge on any atom is 0.634 e. The first-order chi connectivity index (χ1) is 5.30. The molecule has 0 aliphatic carbocycles. The van der Waals surface area contributed by atoms with Crippen LogP contribution in [-0.4, -0.2) is 21.9 Å². The molecule has 0 amide bonds. The topological polar surface area (TPSA) is 49.7 Å². The normalized spacial score (nSPS) is 12.8. The van der Waals surface area contributed by atoms with Gasteiger partial charge in [-0.05, 0) is 11.8 Å². The van der Waals surface area contributed by atoms with E-state index in [0.29, 0.717) is 0 Å². The van der Waals surface area contributed by atoms with Crippen LogP contribution in [0.5, 0.6) is 0 Å². The Morgan fingerprint density at radius 3 is 1.58 bits per heavy atom. The first kappa shape index (κ1) is 12.4. The van der Waals surface area contributed by atoms with Crippen LogP contribution in [0.15, 0.2) is 0 Å². The van der Waals surface area contributed by atoms with E-state index in [1.54, 1.807) is 0 Å². The Balaban J connectivity index is 4.40. The fourth-order valence-corrected chi connectivity index (χ4v) is 1.27. The van der Waals surface area contributed by atoms with E-state index in [9.17, 15) is 0 Å². The summed E-state index contributed by atoms with van der Waals surface area (Å²) in [5.74, 6) is 0.332. The van der Waals surface area contributed by atoms with Crippen LogP contribution in [0.1, 0.15) is 27.7 Å². The molecule has 5 heteroatoms. The lowest BCUT2D eigenvalue weighted by Gasteiger charge is -2.35. The maximum atomic E-state index is 8.69. The molecule has 2 N–H and O–H groups in total. The largest absolute Gasteiger partial charge is 0.634 e. The summed E-state index contributed by atoms with van der Waals surface area (Å²) in [7, 11) is -1.73. The smallest absolute Gasteiger partial charge is 0.402 e. The van der Waals surface area contributed by atoms with Crippen LogP contribution in [-0.2, 0) is 4.65 Å². The number of hydrogen-bond donors (Lipinski definition) is 2. The Morgan fingerprint density at radius 1 is 1.17 bits per heavy atom. The lowest BCUT2D eigenvalue weighted by atomic mass is 9.94. The molecule has 0 fully saturated rings. The van der Waals surface area contributed by atoms with Crippen LogP contribution in [0.3, 0.4) is 0 Å². The van der Waals surface area contributed by atoms with E-state index in [4.69, 9.17) is 14.7 Å². The van der Waals surface area contributed by atoms with Crippen molar-refractivity contribution in [1.82, 2.24) is 0 Å². The van der Waals surface area contributed by atoms with E-state index in [2.05, 4.69) is 15.9 Å². The van der Waals surface area contributed by atoms with Gasteiger partial charge in [-0.1, -0.05) is 43.6 Å². The molecule has 0 aromatic carbocycles. The molecular weight excluding hydrogens is 223 g/mol. The first-order valence-corrected chi connectivity index (χ1v) is 4.82. The van der Waals surface area contributed by atoms with Gasteiger partial charge in [0.05, 0.1) is 0 Å². The van der Waals surface area contributed by atoms with Crippen LogP contribution in [0.4, 0.5) is 0 Å². The van der Waals surface area contributed by atoms with Gasteiger partial charge in [0.15, 0.2) is 0 Å². The molecule has 0 atom stereocenters. The molecule has 0 saturated carbocycles. The minimum atomic E-state index is -1.73. The summed E-state index contributed by atoms with van der Waals surface area (Å²) in [5, 5.41) is 17.4. The molecule has 0 rings (SSSR count). The second-order valence-electron chi connectivity index (χ2n) is 3.45. The molecule has 0 aliphatic heterocycles. The Morgan fingerprint density at radius 2 is 1.50 bits per heavy atom. The molecule has 72 valence electrons. The van der Waals surface area contributed by atoms with E-state index in [0.717, 1.165) is 0 Å². The van der Waals surface area contributed by atoms with Gasteiger partial charge in [-0.25, -0.2) is 0 Å². The van der Waals surface area contributed by atoms with Crippen molar-refractivity contribution in [3.63, 3.8) is 0 Å². The van der Waals surface area contributed by atoms with Gasteiger partial charge in [0.2, 0.25) is 0 Å². The quantitative estimate of drug-likeness (QED) is 0.575. The lowest BCUT2D eigenvalue weighted by Crippen LogP contribution is -2.42. The second kappa shape index (κ2) is 4.60. The minimum Gasteiger partial charge on any atom is -0.402 e. The van der Waals surface area contributed by atoms with Gasteiger partial charge in [-0.2, -0.15) is 0 Å². The maximum absolute atomic E-state index is 8.69. The first-order valence-electron chi connectivity index (χ1n) is 4.03. The molecular formula is C7H16BBrO3. The lowest BCUT2D eigenvalue weighted by molar-refractivity contribution is 0.0287. The van der Waals surface area contributed by atoms with Crippen LogP contribution in [0, 0.1) is 11.8 Å². The van der Waals surface area contributed by atoms with Crippen molar-refractivity contribution < 1.29 is 14.7 Å². The zero-order valence-corrected chi connectivity index (χ0v) is 9.50. The summed E-state index contributed by atoms with van der Waals surface area (Å²) in [5.41, 5.74) is 0. The molecule has 3 nitrogen and oxygen atoms in total. The molecule has 0 heterocycles. The van der Waals surface area contributed by atoms with Crippen LogP contribution in [0.25, 0.3) is 0 Å². The van der Waals surface area contributed by atoms with E-state index in [-0.39, 0.29) is 11.8 Å². The fraction of sp³-hybridized carbons (Fsp3) is 1.00. The van der Waals surface area contributed by atoms with E-state index in [1.165, 1.54) is 0 Å². The second-order valence-corrected chi connectivity index (χ2v) is 4.69. The third kappa shape index (κ3) is 3.05. The summed E-state index contributed by atoms with van der Waals surface area (Å²) in [6.07, 6.45) is 0. The fourth-order valence-electron chi connectivity index (χ4n) is 1.10. The average molecular weight is 239 g/mol. The van der Waals surface area contributed by atoms with Gasteiger partial charge in [0.25, 0.3) is 0 Å². The van der Waals surface area contributed by atoms with Crippen LogP contribution >= 0.6 is 15.9 Å². The zero-order chi connectivity index (χ0) is 9.94. The highest BCUT2D eigenvalue weighted by Crippen LogP contribution is 2.36. The van der Waals surface area contributed by atoms with Gasteiger partial charge in [0.1, 0.15) is 4.51 Å². The Hall–Kier alpha value is 0.425. The summed E-state index contributed by atoms with van der Waals surface area (Å²) < 4.78 is 4.32. The predicted molar refractivity (Wildman–Crippen MR) is 52.6 cm³/mol. The third-order valence-electron chi connectivity index (χ3n) is 1.86. The molecule has 0 aromatic heterocycles. The highest BCUT2D eigenvalue weighted by molar-refractivity contribution is 9.10. The number of alkyl halides is 1. The van der Waals surface area contributed by atoms with Crippen molar-refractivity contribution >= 4 is 23.3 Å². The van der Waals surface area contributed by atoms with Crippen molar-refractivity contribution in [3.05, 3.63) is 0 Å². The van der Waals surface area contributed by atoms with Gasteiger partial charge in [-0.3, -0.25) is 0 Å². The van der Waals surface area contributed by atoms with Gasteiger partial charge in [-0.15, -0.1) is 0 Å². The molecule has 0 saturated heterocycles. The number of halogens is 1. The standard InChI is InChI=1S/C7H16BBrO3/c1-5(2)7(9,6(3)4)12-8(10)11/h5-6,10-11H,1-4H3. The highest BCUT2D eigenvalue weighted by Gasteiger charge is 2.38. The Kier molecular flexibility index (Phi) is 4.77. The average Bonchev–Trinajstić information content (AvgIpc) is 1.84. The van der Waals surface area contributed by atoms with Gasteiger partial charge in [0, 0.05) is 0 Å². The third-order valence-corrected chi connectivity index (χ3v) is 3.88. The summed E-state index contributed by atoms with van der Waals surface area (Å²) >= 11 is 3.37.